The third-order valence-electron chi connectivity index (χ3n) is 10.5. The number of carboxylic acid groups (broad SMARTS) is 1. The summed E-state index contributed by atoms with van der Waals surface area (Å²) in [6, 6.07) is -0.912. The zero-order chi connectivity index (χ0) is 43.6. The molecular formula is C45H67N7O6S. The molecule has 324 valence electrons. The van der Waals surface area contributed by atoms with E-state index >= 15 is 0 Å². The van der Waals surface area contributed by atoms with Gasteiger partial charge in [-0.3, -0.25) is 24.4 Å². The number of rotatable bonds is 17. The number of aliphatic imine (C=N–C) groups is 1. The van der Waals surface area contributed by atoms with Crippen LogP contribution in [-0.4, -0.2) is 88.6 Å². The van der Waals surface area contributed by atoms with E-state index in [2.05, 4.69) is 76.1 Å². The van der Waals surface area contributed by atoms with Gasteiger partial charge in [0.2, 0.25) is 6.41 Å². The SMILES string of the molecule is C=C/C(=C\C(=C(C)C)/C(CC(C)C)=C(\C)C1=C(C(C)OC)N=CCC1)c1csc(C(OCC)C(NC=O)C(=O)N2CCCCN2)n1.CC1CC1c1cn(C)cn1.O=CO. The summed E-state index contributed by atoms with van der Waals surface area (Å²) in [7, 11) is 3.74. The zero-order valence-corrected chi connectivity index (χ0v) is 37.6. The molecule has 0 radical (unpaired) electrons. The van der Waals surface area contributed by atoms with Crippen LogP contribution in [-0.2, 0) is 30.9 Å². The first kappa shape index (κ1) is 48.9. The van der Waals surface area contributed by atoms with Gasteiger partial charge in [0, 0.05) is 63.1 Å². The van der Waals surface area contributed by atoms with Crippen molar-refractivity contribution in [2.24, 2.45) is 23.9 Å². The van der Waals surface area contributed by atoms with E-state index in [1.807, 2.05) is 49.5 Å². The fraction of sp³-hybridized carbons (Fsp3) is 0.556. The zero-order valence-electron chi connectivity index (χ0n) is 36.8. The molecule has 1 aliphatic carbocycles. The molecule has 2 aromatic rings. The molecule has 4 heterocycles. The van der Waals surface area contributed by atoms with Crippen LogP contribution in [0.25, 0.3) is 5.57 Å². The van der Waals surface area contributed by atoms with Crippen molar-refractivity contribution < 1.29 is 29.0 Å². The van der Waals surface area contributed by atoms with Crippen molar-refractivity contribution in [3.63, 3.8) is 0 Å². The van der Waals surface area contributed by atoms with Crippen LogP contribution in [0.2, 0.25) is 0 Å². The summed E-state index contributed by atoms with van der Waals surface area (Å²) in [4.78, 5) is 47.6. The number of ether oxygens (including phenoxy) is 2. The van der Waals surface area contributed by atoms with Gasteiger partial charge in [-0.1, -0.05) is 39.0 Å². The molecule has 1 saturated carbocycles. The number of nitrogens with zero attached hydrogens (tertiary/aromatic N) is 5. The molecule has 0 aromatic carbocycles. The molecule has 14 heteroatoms. The number of hydrazine groups is 1. The van der Waals surface area contributed by atoms with Gasteiger partial charge < -0.3 is 24.5 Å². The second-order valence-corrected chi connectivity index (χ2v) is 16.6. The van der Waals surface area contributed by atoms with E-state index in [0.29, 0.717) is 37.0 Å². The Morgan fingerprint density at radius 1 is 1.20 bits per heavy atom. The number of nitrogens with one attached hydrogen (secondary N) is 2. The highest BCUT2D eigenvalue weighted by Crippen LogP contribution is 2.46. The molecule has 0 spiro atoms. The highest BCUT2D eigenvalue weighted by molar-refractivity contribution is 7.09. The van der Waals surface area contributed by atoms with E-state index in [4.69, 9.17) is 29.4 Å². The number of methoxy groups -OCH3 is 1. The van der Waals surface area contributed by atoms with Gasteiger partial charge in [-0.15, -0.1) is 11.3 Å². The molecule has 59 heavy (non-hydrogen) atoms. The molecule has 5 rings (SSSR count). The molecule has 2 aliphatic heterocycles. The van der Waals surface area contributed by atoms with Gasteiger partial charge in [0.05, 0.1) is 29.5 Å². The van der Waals surface area contributed by atoms with Crippen LogP contribution in [0, 0.1) is 11.8 Å². The Balaban J connectivity index is 0.000000603. The highest BCUT2D eigenvalue weighted by atomic mass is 32.1. The topological polar surface area (TPSA) is 160 Å². The molecule has 13 nitrogen and oxygen atoms in total. The van der Waals surface area contributed by atoms with Crippen LogP contribution in [0.15, 0.2) is 75.2 Å². The van der Waals surface area contributed by atoms with Crippen LogP contribution < -0.4 is 10.7 Å². The van der Waals surface area contributed by atoms with Gasteiger partial charge in [0.1, 0.15) is 17.2 Å². The molecule has 3 N–H and O–H groups in total. The predicted molar refractivity (Wildman–Crippen MR) is 237 cm³/mol. The van der Waals surface area contributed by atoms with Crippen molar-refractivity contribution in [3.8, 4) is 0 Å². The van der Waals surface area contributed by atoms with Crippen molar-refractivity contribution in [2.75, 3.05) is 26.8 Å². The van der Waals surface area contributed by atoms with Gasteiger partial charge in [0.15, 0.2) is 0 Å². The van der Waals surface area contributed by atoms with Crippen LogP contribution in [0.1, 0.15) is 122 Å². The molecule has 5 unspecified atom stereocenters. The Morgan fingerprint density at radius 3 is 2.44 bits per heavy atom. The minimum Gasteiger partial charge on any atom is -0.483 e. The Morgan fingerprint density at radius 2 is 1.92 bits per heavy atom. The number of aryl methyl sites for hydroxylation is 1. The summed E-state index contributed by atoms with van der Waals surface area (Å²) < 4.78 is 13.8. The smallest absolute Gasteiger partial charge is 0.290 e. The number of hydrogen-bond donors (Lipinski definition) is 3. The molecule has 2 fully saturated rings. The number of thiazole rings is 1. The van der Waals surface area contributed by atoms with Gasteiger partial charge >= 0.3 is 0 Å². The monoisotopic (exact) mass is 833 g/mol. The Labute approximate surface area is 355 Å². The Hall–Kier alpha value is -4.50. The second kappa shape index (κ2) is 24.6. The number of amides is 2. The van der Waals surface area contributed by atoms with Gasteiger partial charge in [-0.05, 0) is 113 Å². The van der Waals surface area contributed by atoms with Gasteiger partial charge in [0.25, 0.3) is 12.4 Å². The van der Waals surface area contributed by atoms with Crippen LogP contribution in [0.4, 0.5) is 0 Å². The third kappa shape index (κ3) is 14.0. The van der Waals surface area contributed by atoms with Crippen LogP contribution in [0.5, 0.6) is 0 Å². The summed E-state index contributed by atoms with van der Waals surface area (Å²) in [5.41, 5.74) is 13.1. The summed E-state index contributed by atoms with van der Waals surface area (Å²) in [5, 5.41) is 13.8. The quantitative estimate of drug-likeness (QED) is 0.106. The van der Waals surface area contributed by atoms with E-state index in [9.17, 15) is 9.59 Å². The molecule has 0 bridgehead atoms. The Bertz CT molecular complexity index is 1860. The fourth-order valence-corrected chi connectivity index (χ4v) is 8.12. The van der Waals surface area contributed by atoms with Crippen molar-refractivity contribution >= 4 is 41.9 Å². The van der Waals surface area contributed by atoms with Crippen molar-refractivity contribution in [1.29, 1.82) is 0 Å². The van der Waals surface area contributed by atoms with Crippen molar-refractivity contribution in [2.45, 2.75) is 118 Å². The summed E-state index contributed by atoms with van der Waals surface area (Å²) in [5.74, 6) is 1.83. The molecule has 2 amide bonds. The van der Waals surface area contributed by atoms with E-state index in [1.54, 1.807) is 12.1 Å². The van der Waals surface area contributed by atoms with E-state index < -0.39 is 12.1 Å². The van der Waals surface area contributed by atoms with Gasteiger partial charge in [-0.2, -0.15) is 0 Å². The highest BCUT2D eigenvalue weighted by Gasteiger charge is 2.37. The predicted octanol–water partition coefficient (Wildman–Crippen LogP) is 8.13. The van der Waals surface area contributed by atoms with Crippen molar-refractivity contribution in [3.05, 3.63) is 86.6 Å². The lowest BCUT2D eigenvalue weighted by Crippen LogP contribution is -2.56. The molecule has 2 aromatic heterocycles. The lowest BCUT2D eigenvalue weighted by Gasteiger charge is -2.33. The number of allylic oxidation sites excluding steroid dienone is 8. The molecule has 3 aliphatic rings. The summed E-state index contributed by atoms with van der Waals surface area (Å²) in [6.07, 6.45) is 15.6. The average Bonchev–Trinajstić information content (AvgIpc) is 3.53. The summed E-state index contributed by atoms with van der Waals surface area (Å²) in [6.45, 7) is 22.7. The number of carbonyl (C=O) groups is 3. The van der Waals surface area contributed by atoms with Gasteiger partial charge in [-0.25, -0.2) is 15.4 Å². The van der Waals surface area contributed by atoms with Crippen molar-refractivity contribution in [1.82, 2.24) is 30.3 Å². The first-order valence-electron chi connectivity index (χ1n) is 20.6. The molecule has 5 atom stereocenters. The lowest BCUT2D eigenvalue weighted by atomic mass is 9.84. The summed E-state index contributed by atoms with van der Waals surface area (Å²) >= 11 is 1.41. The lowest BCUT2D eigenvalue weighted by molar-refractivity contribution is -0.143. The first-order chi connectivity index (χ1) is 28.3. The Kier molecular flexibility index (Phi) is 20.3. The maximum Gasteiger partial charge on any atom is 0.290 e. The van der Waals surface area contributed by atoms with E-state index in [0.717, 1.165) is 66.5 Å². The number of imidazole rings is 1. The second-order valence-electron chi connectivity index (χ2n) is 15.7. The number of hydrogen-bond acceptors (Lipinski definition) is 10. The van der Waals surface area contributed by atoms with E-state index in [-0.39, 0.29) is 18.5 Å². The third-order valence-corrected chi connectivity index (χ3v) is 11.4. The van der Waals surface area contributed by atoms with Crippen LogP contribution >= 0.6 is 11.3 Å². The average molecular weight is 834 g/mol. The van der Waals surface area contributed by atoms with Crippen LogP contribution in [0.3, 0.4) is 0 Å². The van der Waals surface area contributed by atoms with E-state index in [1.165, 1.54) is 45.7 Å². The minimum absolute atomic E-state index is 0.0990. The standard InChI is InChI=1S/C36H53N5O4S.C8H12N2.CH2O2/c1-10-27(20-29(24(5)6)30(19-23(3)4)25(7)28-15-14-16-37-32(28)26(8)44-9)31-21-46-35(40-31)34(45-11-2)33(38-22-42)36(43)41-18-13-12-17-39-41;1-6-3-7(6)8-4-10(2)5-9-8;2-1-3/h10,16,20-23,26,33-34,39H,1,11-15,17-19H2,2-9H3,(H,38,42);4-7H,3H2,1-2H3;1H,(H,2,3)/b27-20+,30-25+;;. The maximum absolute atomic E-state index is 13.5. The number of carbonyl (C=O) groups excluding carboxylic acids is 2. The molecular weight excluding hydrogens is 767 g/mol. The molecule has 1 saturated heterocycles. The normalized spacial score (nSPS) is 19.6. The maximum atomic E-state index is 13.5. The first-order valence-corrected chi connectivity index (χ1v) is 21.5. The minimum atomic E-state index is -0.912. The fourth-order valence-electron chi connectivity index (χ4n) is 7.21. The largest absolute Gasteiger partial charge is 0.483 e. The number of aromatic nitrogens is 3.